The Morgan fingerprint density at radius 2 is 1.23 bits per heavy atom. The van der Waals surface area contributed by atoms with E-state index in [9.17, 15) is 0 Å². The van der Waals surface area contributed by atoms with Crippen LogP contribution in [0.2, 0.25) is 0 Å². The smallest absolute Gasteiger partial charge is 0.184 e. The minimum Gasteiger partial charge on any atom is -0.330 e. The second-order valence-corrected chi connectivity index (χ2v) is 14.2. The number of halogens is 1. The first-order valence-electron chi connectivity index (χ1n) is 18.1. The molecule has 0 aliphatic heterocycles. The molecule has 0 saturated carbocycles. The number of unbranched alkanes of at least 4 members (excludes halogenated alkanes) is 1. The molecule has 6 aromatic carbocycles. The van der Waals surface area contributed by atoms with Gasteiger partial charge in [0.2, 0.25) is 0 Å². The lowest BCUT2D eigenvalue weighted by molar-refractivity contribution is 0.451. The van der Waals surface area contributed by atoms with Gasteiger partial charge in [-0.15, -0.1) is 5.10 Å². The maximum absolute atomic E-state index is 5.08. The topological polar surface area (TPSA) is 61.4 Å². The number of aromatic nitrogens is 6. The molecular formula is C46H39BrN6. The Bertz CT molecular complexity index is 2320. The number of benzene rings is 6. The third-order valence-electron chi connectivity index (χ3n) is 9.88. The zero-order valence-electron chi connectivity index (χ0n) is 29.6. The number of nitrogens with zero attached hydrogens (tertiary/aromatic N) is 6. The molecule has 53 heavy (non-hydrogen) atoms. The molecule has 2 aromatic heterocycles. The molecule has 0 unspecified atom stereocenters. The number of rotatable bonds is 12. The highest BCUT2D eigenvalue weighted by atomic mass is 79.9. The molecule has 7 heteroatoms. The summed E-state index contributed by atoms with van der Waals surface area (Å²) >= 11 is 3.62. The Morgan fingerprint density at radius 1 is 0.623 bits per heavy atom. The van der Waals surface area contributed by atoms with Gasteiger partial charge in [0.25, 0.3) is 0 Å². The third kappa shape index (κ3) is 6.76. The molecule has 8 aromatic rings. The molecule has 0 aliphatic carbocycles. The van der Waals surface area contributed by atoms with Gasteiger partial charge >= 0.3 is 0 Å². The summed E-state index contributed by atoms with van der Waals surface area (Å²) in [6.07, 6.45) is 5.36. The molecule has 0 bridgehead atoms. The number of tetrazole rings is 1. The molecule has 0 atom stereocenters. The fraction of sp³-hybridized carbons (Fsp3) is 0.130. The molecule has 0 saturated heterocycles. The van der Waals surface area contributed by atoms with Crippen LogP contribution in [0.3, 0.4) is 0 Å². The monoisotopic (exact) mass is 754 g/mol. The number of aryl methyl sites for hydroxylation is 1. The van der Waals surface area contributed by atoms with Gasteiger partial charge in [0.1, 0.15) is 11.4 Å². The van der Waals surface area contributed by atoms with Crippen molar-refractivity contribution in [1.29, 1.82) is 0 Å². The van der Waals surface area contributed by atoms with Crippen molar-refractivity contribution in [2.75, 3.05) is 0 Å². The average Bonchev–Trinajstić information content (AvgIpc) is 3.87. The second kappa shape index (κ2) is 15.4. The SMILES string of the molecule is CCCCc1nc(-c2cccc(Br)c2)cn1Cc1ccc(-c2ccccc2-c2nnnn2C(c2ccccc2)(c2ccccc2)c2ccccc2)cc1. The van der Waals surface area contributed by atoms with Crippen LogP contribution in [-0.4, -0.2) is 29.8 Å². The molecule has 0 radical (unpaired) electrons. The molecule has 8 rings (SSSR count). The van der Waals surface area contributed by atoms with Gasteiger partial charge in [-0.3, -0.25) is 0 Å². The summed E-state index contributed by atoms with van der Waals surface area (Å²) in [5.41, 5.74) is 8.77. The highest BCUT2D eigenvalue weighted by Gasteiger charge is 2.42. The molecule has 0 amide bonds. The van der Waals surface area contributed by atoms with Crippen molar-refractivity contribution in [2.24, 2.45) is 0 Å². The zero-order valence-corrected chi connectivity index (χ0v) is 31.1. The molecule has 0 fully saturated rings. The Hall–Kier alpha value is -5.92. The first-order chi connectivity index (χ1) is 26.1. The Labute approximate surface area is 319 Å². The van der Waals surface area contributed by atoms with Crippen LogP contribution < -0.4 is 0 Å². The lowest BCUT2D eigenvalue weighted by Crippen LogP contribution is -2.39. The van der Waals surface area contributed by atoms with E-state index in [1.807, 2.05) is 28.9 Å². The predicted octanol–water partition coefficient (Wildman–Crippen LogP) is 10.9. The number of hydrogen-bond acceptors (Lipinski definition) is 4. The van der Waals surface area contributed by atoms with Gasteiger partial charge in [-0.25, -0.2) is 9.67 Å². The number of hydrogen-bond donors (Lipinski definition) is 0. The average molecular weight is 756 g/mol. The molecule has 0 aliphatic rings. The highest BCUT2D eigenvalue weighted by molar-refractivity contribution is 9.10. The van der Waals surface area contributed by atoms with Crippen molar-refractivity contribution in [2.45, 2.75) is 38.3 Å². The van der Waals surface area contributed by atoms with E-state index in [1.54, 1.807) is 0 Å². The molecule has 260 valence electrons. The normalized spacial score (nSPS) is 11.5. The van der Waals surface area contributed by atoms with E-state index in [0.717, 1.165) is 80.7 Å². The minimum atomic E-state index is -0.839. The summed E-state index contributed by atoms with van der Waals surface area (Å²) in [5.74, 6) is 1.79. The third-order valence-corrected chi connectivity index (χ3v) is 10.4. The maximum atomic E-state index is 5.08. The standard InChI is InChI=1S/C46H39BrN6/c1-2-3-26-44-48-43(36-16-15-23-40(47)31-36)33-52(44)32-34-27-29-35(30-28-34)41-24-13-14-25-42(41)45-49-50-51-53(45)46(37-17-7-4-8-18-37,38-19-9-5-10-20-38)39-21-11-6-12-22-39/h4-25,27-31,33H,2-3,26,32H2,1H3. The van der Waals surface area contributed by atoms with Crippen molar-refractivity contribution in [3.8, 4) is 33.8 Å². The van der Waals surface area contributed by atoms with E-state index in [-0.39, 0.29) is 0 Å². The molecular weight excluding hydrogens is 716 g/mol. The summed E-state index contributed by atoms with van der Waals surface area (Å²) in [4.78, 5) is 5.08. The summed E-state index contributed by atoms with van der Waals surface area (Å²) < 4.78 is 5.36. The van der Waals surface area contributed by atoms with Crippen molar-refractivity contribution >= 4 is 15.9 Å². The Kier molecular flexibility index (Phi) is 9.91. The number of imidazole rings is 1. The fourth-order valence-corrected chi connectivity index (χ4v) is 7.71. The fourth-order valence-electron chi connectivity index (χ4n) is 7.31. The van der Waals surface area contributed by atoms with Crippen LogP contribution in [0.25, 0.3) is 33.8 Å². The van der Waals surface area contributed by atoms with Gasteiger partial charge in [0, 0.05) is 34.8 Å². The lowest BCUT2D eigenvalue weighted by atomic mass is 9.77. The van der Waals surface area contributed by atoms with E-state index in [1.165, 1.54) is 5.56 Å². The van der Waals surface area contributed by atoms with Crippen LogP contribution in [0, 0.1) is 0 Å². The van der Waals surface area contributed by atoms with Crippen LogP contribution in [0.15, 0.2) is 174 Å². The zero-order chi connectivity index (χ0) is 36.0. The van der Waals surface area contributed by atoms with Gasteiger partial charge in [0.05, 0.1) is 5.69 Å². The highest BCUT2D eigenvalue weighted by Crippen LogP contribution is 2.43. The largest absolute Gasteiger partial charge is 0.330 e. The molecule has 0 spiro atoms. The van der Waals surface area contributed by atoms with Crippen LogP contribution in [0.4, 0.5) is 0 Å². The van der Waals surface area contributed by atoms with Gasteiger partial charge < -0.3 is 4.57 Å². The van der Waals surface area contributed by atoms with E-state index >= 15 is 0 Å². The summed E-state index contributed by atoms with van der Waals surface area (Å²) in [7, 11) is 0. The van der Waals surface area contributed by atoms with Crippen molar-refractivity contribution in [3.05, 3.63) is 203 Å². The van der Waals surface area contributed by atoms with Gasteiger partial charge in [-0.1, -0.05) is 181 Å². The molecule has 2 heterocycles. The minimum absolute atomic E-state index is 0.681. The van der Waals surface area contributed by atoms with E-state index in [2.05, 4.69) is 178 Å². The van der Waals surface area contributed by atoms with E-state index in [0.29, 0.717) is 5.82 Å². The van der Waals surface area contributed by atoms with Gasteiger partial charge in [-0.2, -0.15) is 0 Å². The van der Waals surface area contributed by atoms with E-state index < -0.39 is 5.54 Å². The van der Waals surface area contributed by atoms with Gasteiger partial charge in [-0.05, 0) is 62.4 Å². The van der Waals surface area contributed by atoms with Crippen molar-refractivity contribution in [3.63, 3.8) is 0 Å². The van der Waals surface area contributed by atoms with E-state index in [4.69, 9.17) is 15.3 Å². The predicted molar refractivity (Wildman–Crippen MR) is 216 cm³/mol. The first-order valence-corrected chi connectivity index (χ1v) is 18.9. The Morgan fingerprint density at radius 3 is 1.83 bits per heavy atom. The van der Waals surface area contributed by atoms with Crippen LogP contribution in [0.1, 0.15) is 47.8 Å². The molecule has 6 nitrogen and oxygen atoms in total. The van der Waals surface area contributed by atoms with Gasteiger partial charge in [0.15, 0.2) is 5.82 Å². The van der Waals surface area contributed by atoms with Crippen molar-refractivity contribution < 1.29 is 0 Å². The maximum Gasteiger partial charge on any atom is 0.184 e. The quantitative estimate of drug-likeness (QED) is 0.117. The van der Waals surface area contributed by atoms with Crippen LogP contribution >= 0.6 is 15.9 Å². The second-order valence-electron chi connectivity index (χ2n) is 13.2. The van der Waals surface area contributed by atoms with Crippen LogP contribution in [0.5, 0.6) is 0 Å². The van der Waals surface area contributed by atoms with Crippen LogP contribution in [-0.2, 0) is 18.5 Å². The molecule has 0 N–H and O–H groups in total. The summed E-state index contributed by atoms with van der Waals surface area (Å²) in [6, 6.07) is 57.2. The summed E-state index contributed by atoms with van der Waals surface area (Å²) in [5, 5.41) is 13.9. The summed E-state index contributed by atoms with van der Waals surface area (Å²) in [6.45, 7) is 2.97. The first kappa shape index (κ1) is 34.2. The van der Waals surface area contributed by atoms with Crippen molar-refractivity contribution in [1.82, 2.24) is 29.8 Å². The Balaban J connectivity index is 1.19. The lowest BCUT2D eigenvalue weighted by Gasteiger charge is -2.36.